The van der Waals surface area contributed by atoms with Gasteiger partial charge in [-0.25, -0.2) is 0 Å². The third-order valence-electron chi connectivity index (χ3n) is 3.43. The Labute approximate surface area is 116 Å². The summed E-state index contributed by atoms with van der Waals surface area (Å²) in [6.45, 7) is 11.3. The molecule has 0 aliphatic carbocycles. The molecule has 0 aliphatic rings. The fourth-order valence-corrected chi connectivity index (χ4v) is 2.35. The van der Waals surface area contributed by atoms with Crippen LogP contribution < -0.4 is 5.32 Å². The maximum absolute atomic E-state index is 3.98. The van der Waals surface area contributed by atoms with Crippen molar-refractivity contribution in [3.63, 3.8) is 0 Å². The van der Waals surface area contributed by atoms with Crippen LogP contribution in [0.25, 0.3) is 10.9 Å². The first-order valence-corrected chi connectivity index (χ1v) is 7.14. The molecule has 0 atom stereocenters. The second kappa shape index (κ2) is 6.58. The van der Waals surface area contributed by atoms with Crippen LogP contribution in [0.2, 0.25) is 0 Å². The minimum Gasteiger partial charge on any atom is -0.347 e. The molecule has 2 aromatic rings. The average Bonchev–Trinajstić information content (AvgIpc) is 2.81. The Kier molecular flexibility index (Phi) is 4.80. The second-order valence-corrected chi connectivity index (χ2v) is 5.24. The number of benzene rings is 1. The van der Waals surface area contributed by atoms with Gasteiger partial charge in [0.15, 0.2) is 0 Å². The molecule has 2 rings (SSSR count). The minimum absolute atomic E-state index is 0.954. The monoisotopic (exact) mass is 256 g/mol. The van der Waals surface area contributed by atoms with Crippen molar-refractivity contribution in [2.45, 2.75) is 39.8 Å². The van der Waals surface area contributed by atoms with E-state index in [1.807, 2.05) is 0 Å². The Morgan fingerprint density at radius 1 is 1.32 bits per heavy atom. The van der Waals surface area contributed by atoms with Gasteiger partial charge in [0.25, 0.3) is 0 Å². The SMILES string of the molecule is C=C(C)CCn1ccc2c(CNCCC)cccc21. The maximum atomic E-state index is 3.98. The number of hydrogen-bond donors (Lipinski definition) is 1. The molecule has 0 saturated heterocycles. The number of rotatable bonds is 7. The van der Waals surface area contributed by atoms with E-state index in [0.29, 0.717) is 0 Å². The summed E-state index contributed by atoms with van der Waals surface area (Å²) in [4.78, 5) is 0. The van der Waals surface area contributed by atoms with Gasteiger partial charge in [-0.05, 0) is 44.0 Å². The van der Waals surface area contributed by atoms with Gasteiger partial charge < -0.3 is 9.88 Å². The van der Waals surface area contributed by atoms with Crippen LogP contribution in [-0.4, -0.2) is 11.1 Å². The third kappa shape index (κ3) is 3.48. The fourth-order valence-electron chi connectivity index (χ4n) is 2.35. The van der Waals surface area contributed by atoms with Crippen LogP contribution in [0.1, 0.15) is 32.3 Å². The number of nitrogens with one attached hydrogen (secondary N) is 1. The summed E-state index contributed by atoms with van der Waals surface area (Å²) in [5.74, 6) is 0. The van der Waals surface area contributed by atoms with Crippen molar-refractivity contribution in [3.8, 4) is 0 Å². The standard InChI is InChI=1S/C17H24N2/c1-4-10-18-13-15-6-5-7-17-16(15)9-12-19(17)11-8-14(2)3/h5-7,9,12,18H,2,4,8,10-11,13H2,1,3H3. The molecular weight excluding hydrogens is 232 g/mol. The normalized spacial score (nSPS) is 11.1. The van der Waals surface area contributed by atoms with Crippen LogP contribution in [0.15, 0.2) is 42.6 Å². The molecule has 0 fully saturated rings. The highest BCUT2D eigenvalue weighted by atomic mass is 14.9. The van der Waals surface area contributed by atoms with E-state index in [9.17, 15) is 0 Å². The van der Waals surface area contributed by atoms with E-state index in [2.05, 4.69) is 60.8 Å². The molecule has 102 valence electrons. The molecule has 0 bridgehead atoms. The summed E-state index contributed by atoms with van der Waals surface area (Å²) < 4.78 is 2.33. The van der Waals surface area contributed by atoms with Gasteiger partial charge in [-0.1, -0.05) is 24.6 Å². The largest absolute Gasteiger partial charge is 0.347 e. The van der Waals surface area contributed by atoms with Crippen LogP contribution in [0.3, 0.4) is 0 Å². The Balaban J connectivity index is 2.19. The predicted molar refractivity (Wildman–Crippen MR) is 83.4 cm³/mol. The minimum atomic E-state index is 0.954. The quantitative estimate of drug-likeness (QED) is 0.583. The van der Waals surface area contributed by atoms with Gasteiger partial charge in [0.2, 0.25) is 0 Å². The van der Waals surface area contributed by atoms with Gasteiger partial charge in [0, 0.05) is 30.2 Å². The van der Waals surface area contributed by atoms with Crippen molar-refractivity contribution in [1.29, 1.82) is 0 Å². The summed E-state index contributed by atoms with van der Waals surface area (Å²) >= 11 is 0. The lowest BCUT2D eigenvalue weighted by atomic mass is 10.1. The van der Waals surface area contributed by atoms with Crippen molar-refractivity contribution in [1.82, 2.24) is 9.88 Å². The number of aryl methyl sites for hydroxylation is 1. The van der Waals surface area contributed by atoms with Gasteiger partial charge in [-0.15, -0.1) is 6.58 Å². The fraction of sp³-hybridized carbons (Fsp3) is 0.412. The van der Waals surface area contributed by atoms with E-state index in [4.69, 9.17) is 0 Å². The van der Waals surface area contributed by atoms with Crippen LogP contribution in [-0.2, 0) is 13.1 Å². The summed E-state index contributed by atoms with van der Waals surface area (Å²) in [5, 5.41) is 4.85. The van der Waals surface area contributed by atoms with Crippen LogP contribution in [0.5, 0.6) is 0 Å². The highest BCUT2D eigenvalue weighted by molar-refractivity contribution is 5.83. The molecule has 0 amide bonds. The topological polar surface area (TPSA) is 17.0 Å². The summed E-state index contributed by atoms with van der Waals surface area (Å²) in [6, 6.07) is 8.81. The van der Waals surface area contributed by atoms with Crippen molar-refractivity contribution in [2.24, 2.45) is 0 Å². The lowest BCUT2D eigenvalue weighted by Crippen LogP contribution is -2.13. The number of nitrogens with zero attached hydrogens (tertiary/aromatic N) is 1. The zero-order chi connectivity index (χ0) is 13.7. The molecule has 1 aromatic carbocycles. The number of hydrogen-bond acceptors (Lipinski definition) is 1. The molecule has 1 aromatic heterocycles. The summed E-state index contributed by atoms with van der Waals surface area (Å²) in [5.41, 5.74) is 3.96. The number of aromatic nitrogens is 1. The average molecular weight is 256 g/mol. The Morgan fingerprint density at radius 2 is 2.16 bits per heavy atom. The number of fused-ring (bicyclic) bond motifs is 1. The first-order chi connectivity index (χ1) is 9.22. The molecule has 1 N–H and O–H groups in total. The van der Waals surface area contributed by atoms with Crippen LogP contribution in [0.4, 0.5) is 0 Å². The van der Waals surface area contributed by atoms with E-state index in [0.717, 1.165) is 26.1 Å². The molecule has 0 saturated carbocycles. The molecule has 0 spiro atoms. The Morgan fingerprint density at radius 3 is 2.89 bits per heavy atom. The Hall–Kier alpha value is -1.54. The maximum Gasteiger partial charge on any atom is 0.0483 e. The first-order valence-electron chi connectivity index (χ1n) is 7.14. The molecule has 0 unspecified atom stereocenters. The van der Waals surface area contributed by atoms with Crippen molar-refractivity contribution in [3.05, 3.63) is 48.2 Å². The second-order valence-electron chi connectivity index (χ2n) is 5.24. The third-order valence-corrected chi connectivity index (χ3v) is 3.43. The molecule has 2 nitrogen and oxygen atoms in total. The van der Waals surface area contributed by atoms with Gasteiger partial charge >= 0.3 is 0 Å². The van der Waals surface area contributed by atoms with Crippen LogP contribution >= 0.6 is 0 Å². The predicted octanol–water partition coefficient (Wildman–Crippen LogP) is 4.11. The van der Waals surface area contributed by atoms with E-state index in [1.54, 1.807) is 0 Å². The molecule has 0 radical (unpaired) electrons. The van der Waals surface area contributed by atoms with E-state index >= 15 is 0 Å². The van der Waals surface area contributed by atoms with Crippen molar-refractivity contribution < 1.29 is 0 Å². The molecule has 1 heterocycles. The van der Waals surface area contributed by atoms with Gasteiger partial charge in [0.05, 0.1) is 0 Å². The number of allylic oxidation sites excluding steroid dienone is 1. The highest BCUT2D eigenvalue weighted by Crippen LogP contribution is 2.21. The lowest BCUT2D eigenvalue weighted by Gasteiger charge is -2.08. The molecule has 19 heavy (non-hydrogen) atoms. The highest BCUT2D eigenvalue weighted by Gasteiger charge is 2.05. The molecular formula is C17H24N2. The Bertz CT molecular complexity index is 551. The summed E-state index contributed by atoms with van der Waals surface area (Å²) in [7, 11) is 0. The van der Waals surface area contributed by atoms with Gasteiger partial charge in [-0.2, -0.15) is 0 Å². The molecule has 0 aliphatic heterocycles. The van der Waals surface area contributed by atoms with Crippen molar-refractivity contribution >= 4 is 10.9 Å². The van der Waals surface area contributed by atoms with Crippen molar-refractivity contribution in [2.75, 3.05) is 6.54 Å². The van der Waals surface area contributed by atoms with Crippen LogP contribution in [0, 0.1) is 0 Å². The zero-order valence-corrected chi connectivity index (χ0v) is 12.1. The van der Waals surface area contributed by atoms with E-state index < -0.39 is 0 Å². The lowest BCUT2D eigenvalue weighted by molar-refractivity contribution is 0.678. The van der Waals surface area contributed by atoms with Gasteiger partial charge in [0.1, 0.15) is 0 Å². The smallest absolute Gasteiger partial charge is 0.0483 e. The molecule has 2 heteroatoms. The van der Waals surface area contributed by atoms with E-state index in [-0.39, 0.29) is 0 Å². The first kappa shape index (κ1) is 13.9. The zero-order valence-electron chi connectivity index (χ0n) is 12.1. The van der Waals surface area contributed by atoms with Gasteiger partial charge in [-0.3, -0.25) is 0 Å². The van der Waals surface area contributed by atoms with E-state index in [1.165, 1.54) is 28.5 Å². The summed E-state index contributed by atoms with van der Waals surface area (Å²) in [6.07, 6.45) is 4.41.